The average Bonchev–Trinajstić information content (AvgIpc) is 2.68. The summed E-state index contributed by atoms with van der Waals surface area (Å²) in [6.07, 6.45) is 8.30. The van der Waals surface area contributed by atoms with Crippen molar-refractivity contribution in [3.8, 4) is 0 Å². The maximum absolute atomic E-state index is 12.8. The summed E-state index contributed by atoms with van der Waals surface area (Å²) in [7, 11) is 1.61. The Balaban J connectivity index is 1.69. The Labute approximate surface area is 170 Å². The largest absolute Gasteiger partial charge is 0.383 e. The maximum Gasteiger partial charge on any atom is 0.262 e. The first kappa shape index (κ1) is 20.9. The van der Waals surface area contributed by atoms with Crippen molar-refractivity contribution >= 4 is 28.6 Å². The monoisotopic (exact) mass is 403 g/mol. The van der Waals surface area contributed by atoms with Gasteiger partial charge in [-0.1, -0.05) is 56.0 Å². The van der Waals surface area contributed by atoms with Gasteiger partial charge in [0, 0.05) is 13.2 Å². The molecule has 1 aromatic heterocycles. The van der Waals surface area contributed by atoms with Crippen LogP contribution in [0.15, 0.2) is 34.2 Å². The lowest BCUT2D eigenvalue weighted by atomic mass is 9.97. The molecule has 0 atom stereocenters. The number of thioether (sulfide) groups is 1. The highest BCUT2D eigenvalue weighted by Gasteiger charge is 2.16. The molecule has 0 unspecified atom stereocenters. The summed E-state index contributed by atoms with van der Waals surface area (Å²) in [6.45, 7) is 0.835. The first-order chi connectivity index (χ1) is 13.7. The second-order valence-electron chi connectivity index (χ2n) is 7.26. The highest BCUT2D eigenvalue weighted by molar-refractivity contribution is 7.99. The van der Waals surface area contributed by atoms with Gasteiger partial charge in [0.1, 0.15) is 0 Å². The Morgan fingerprint density at radius 2 is 1.93 bits per heavy atom. The Morgan fingerprint density at radius 3 is 2.68 bits per heavy atom. The number of nitrogens with zero attached hydrogens (tertiary/aromatic N) is 2. The Bertz CT molecular complexity index is 844. The van der Waals surface area contributed by atoms with E-state index >= 15 is 0 Å². The minimum absolute atomic E-state index is 0.0104. The predicted octanol–water partition coefficient (Wildman–Crippen LogP) is 3.36. The molecule has 152 valence electrons. The fraction of sp³-hybridized carbons (Fsp3) is 0.571. The van der Waals surface area contributed by atoms with E-state index in [9.17, 15) is 9.59 Å². The number of fused-ring (bicyclic) bond motifs is 1. The van der Waals surface area contributed by atoms with Gasteiger partial charge in [-0.25, -0.2) is 4.98 Å². The zero-order valence-corrected chi connectivity index (χ0v) is 17.3. The van der Waals surface area contributed by atoms with Gasteiger partial charge in [0.05, 0.1) is 29.8 Å². The molecule has 3 rings (SSSR count). The molecule has 1 amide bonds. The zero-order valence-electron chi connectivity index (χ0n) is 16.5. The summed E-state index contributed by atoms with van der Waals surface area (Å²) in [5, 5.41) is 4.32. The lowest BCUT2D eigenvalue weighted by Crippen LogP contribution is -2.36. The zero-order chi connectivity index (χ0) is 19.8. The molecule has 28 heavy (non-hydrogen) atoms. The summed E-state index contributed by atoms with van der Waals surface area (Å²) < 4.78 is 6.75. The molecule has 1 saturated carbocycles. The van der Waals surface area contributed by atoms with Crippen LogP contribution in [-0.2, 0) is 16.1 Å². The highest BCUT2D eigenvalue weighted by Crippen LogP contribution is 2.19. The normalized spacial score (nSPS) is 15.9. The minimum Gasteiger partial charge on any atom is -0.383 e. The van der Waals surface area contributed by atoms with Crippen LogP contribution in [0.25, 0.3) is 10.9 Å². The number of nitrogens with one attached hydrogen (secondary N) is 1. The third-order valence-electron chi connectivity index (χ3n) is 5.15. The van der Waals surface area contributed by atoms with Gasteiger partial charge in [-0.15, -0.1) is 0 Å². The molecule has 2 aromatic rings. The van der Waals surface area contributed by atoms with Crippen molar-refractivity contribution in [1.29, 1.82) is 0 Å². The van der Waals surface area contributed by atoms with Crippen LogP contribution in [0.1, 0.15) is 44.9 Å². The number of ether oxygens (including phenoxy) is 1. The number of amides is 1. The van der Waals surface area contributed by atoms with Crippen molar-refractivity contribution in [2.45, 2.75) is 62.7 Å². The third-order valence-corrected chi connectivity index (χ3v) is 6.12. The molecule has 7 heteroatoms. The van der Waals surface area contributed by atoms with Crippen molar-refractivity contribution in [2.24, 2.45) is 0 Å². The van der Waals surface area contributed by atoms with E-state index in [0.29, 0.717) is 29.2 Å². The summed E-state index contributed by atoms with van der Waals surface area (Å²) in [4.78, 5) is 30.0. The van der Waals surface area contributed by atoms with Crippen LogP contribution in [-0.4, -0.2) is 41.0 Å². The standard InChI is InChI=1S/C21H29N3O3S/c1-27-14-13-24-20(26)17-11-7-8-12-18(17)23-21(24)28-15-19(25)22-16-9-5-3-2-4-6-10-16/h7-8,11-12,16H,2-6,9-10,13-15H2,1H3,(H,22,25). The fourth-order valence-electron chi connectivity index (χ4n) is 3.64. The smallest absolute Gasteiger partial charge is 0.262 e. The number of hydrogen-bond donors (Lipinski definition) is 1. The van der Waals surface area contributed by atoms with Crippen molar-refractivity contribution < 1.29 is 9.53 Å². The molecule has 0 saturated heterocycles. The number of hydrogen-bond acceptors (Lipinski definition) is 5. The lowest BCUT2D eigenvalue weighted by molar-refractivity contribution is -0.119. The number of benzene rings is 1. The molecular formula is C21H29N3O3S. The van der Waals surface area contributed by atoms with Crippen LogP contribution in [0.4, 0.5) is 0 Å². The SMILES string of the molecule is COCCn1c(SCC(=O)NC2CCCCCCC2)nc2ccccc2c1=O. The molecule has 0 radical (unpaired) electrons. The van der Waals surface area contributed by atoms with Crippen LogP contribution >= 0.6 is 11.8 Å². The van der Waals surface area contributed by atoms with Gasteiger partial charge in [-0.05, 0) is 25.0 Å². The molecular weight excluding hydrogens is 374 g/mol. The highest BCUT2D eigenvalue weighted by atomic mass is 32.2. The number of aromatic nitrogens is 2. The van der Waals surface area contributed by atoms with Gasteiger partial charge in [0.15, 0.2) is 5.16 Å². The molecule has 1 N–H and O–H groups in total. The number of carbonyl (C=O) groups excluding carboxylic acids is 1. The summed E-state index contributed by atoms with van der Waals surface area (Å²) in [5.74, 6) is 0.269. The molecule has 1 aliphatic rings. The van der Waals surface area contributed by atoms with Gasteiger partial charge in [0.2, 0.25) is 5.91 Å². The van der Waals surface area contributed by atoms with Gasteiger partial charge < -0.3 is 10.1 Å². The van der Waals surface area contributed by atoms with E-state index in [1.807, 2.05) is 18.2 Å². The molecule has 1 aliphatic carbocycles. The quantitative estimate of drug-likeness (QED) is 0.567. The van der Waals surface area contributed by atoms with Crippen LogP contribution in [0.2, 0.25) is 0 Å². The first-order valence-electron chi connectivity index (χ1n) is 10.1. The summed E-state index contributed by atoms with van der Waals surface area (Å²) in [6, 6.07) is 7.58. The Kier molecular flexibility index (Phi) is 7.91. The van der Waals surface area contributed by atoms with Crippen LogP contribution in [0.3, 0.4) is 0 Å². The number of methoxy groups -OCH3 is 1. The Morgan fingerprint density at radius 1 is 1.21 bits per heavy atom. The average molecular weight is 404 g/mol. The second kappa shape index (κ2) is 10.6. The van der Waals surface area contributed by atoms with Crippen molar-refractivity contribution in [1.82, 2.24) is 14.9 Å². The predicted molar refractivity (Wildman–Crippen MR) is 113 cm³/mol. The lowest BCUT2D eigenvalue weighted by Gasteiger charge is -2.21. The molecule has 1 aromatic carbocycles. The molecule has 0 bridgehead atoms. The van der Waals surface area contributed by atoms with Crippen molar-refractivity contribution in [3.63, 3.8) is 0 Å². The van der Waals surface area contributed by atoms with Gasteiger partial charge in [-0.2, -0.15) is 0 Å². The van der Waals surface area contributed by atoms with E-state index < -0.39 is 0 Å². The maximum atomic E-state index is 12.8. The summed E-state index contributed by atoms with van der Waals surface area (Å²) >= 11 is 1.32. The number of rotatable bonds is 7. The molecule has 0 spiro atoms. The third kappa shape index (κ3) is 5.58. The second-order valence-corrected chi connectivity index (χ2v) is 8.20. The Hall–Kier alpha value is -1.86. The molecule has 6 nitrogen and oxygen atoms in total. The van der Waals surface area contributed by atoms with Gasteiger partial charge in [0.25, 0.3) is 5.56 Å². The van der Waals surface area contributed by atoms with Crippen LogP contribution in [0, 0.1) is 0 Å². The number of para-hydroxylation sites is 1. The van der Waals surface area contributed by atoms with Crippen LogP contribution in [0.5, 0.6) is 0 Å². The van der Waals surface area contributed by atoms with Crippen LogP contribution < -0.4 is 10.9 Å². The number of carbonyl (C=O) groups is 1. The van der Waals surface area contributed by atoms with Gasteiger partial charge >= 0.3 is 0 Å². The molecule has 1 heterocycles. The molecule has 1 fully saturated rings. The van der Waals surface area contributed by atoms with Crippen molar-refractivity contribution in [2.75, 3.05) is 19.5 Å². The van der Waals surface area contributed by atoms with E-state index in [1.165, 1.54) is 43.9 Å². The van der Waals surface area contributed by atoms with Gasteiger partial charge in [-0.3, -0.25) is 14.2 Å². The van der Waals surface area contributed by atoms with E-state index in [4.69, 9.17) is 4.74 Å². The van der Waals surface area contributed by atoms with Crippen molar-refractivity contribution in [3.05, 3.63) is 34.6 Å². The van der Waals surface area contributed by atoms with E-state index in [0.717, 1.165) is 12.8 Å². The first-order valence-corrected chi connectivity index (χ1v) is 11.1. The molecule has 0 aliphatic heterocycles. The van der Waals surface area contributed by atoms with E-state index in [2.05, 4.69) is 10.3 Å². The topological polar surface area (TPSA) is 73.2 Å². The van der Waals surface area contributed by atoms with E-state index in [-0.39, 0.29) is 23.3 Å². The fourth-order valence-corrected chi connectivity index (χ4v) is 4.47. The van der Waals surface area contributed by atoms with E-state index in [1.54, 1.807) is 17.7 Å². The summed E-state index contributed by atoms with van der Waals surface area (Å²) in [5.41, 5.74) is 0.565. The minimum atomic E-state index is -0.0921.